The van der Waals surface area contributed by atoms with Crippen molar-refractivity contribution < 1.29 is 18.8 Å². The molecule has 0 radical (unpaired) electrons. The molecule has 1 aromatic heterocycles. The Bertz CT molecular complexity index is 1330. The molecule has 0 spiro atoms. The van der Waals surface area contributed by atoms with Crippen molar-refractivity contribution in [1.29, 1.82) is 0 Å². The van der Waals surface area contributed by atoms with E-state index in [-0.39, 0.29) is 17.4 Å². The van der Waals surface area contributed by atoms with Gasteiger partial charge in [-0.1, -0.05) is 0 Å². The quantitative estimate of drug-likeness (QED) is 0.323. The van der Waals surface area contributed by atoms with Crippen LogP contribution < -0.4 is 10.1 Å². The first kappa shape index (κ1) is 22.3. The summed E-state index contributed by atoms with van der Waals surface area (Å²) in [6.45, 7) is 3.80. The summed E-state index contributed by atoms with van der Waals surface area (Å²) in [7, 11) is 1.46. The van der Waals surface area contributed by atoms with Crippen molar-refractivity contribution in [1.82, 2.24) is 9.88 Å². The molecule has 33 heavy (non-hydrogen) atoms. The van der Waals surface area contributed by atoms with E-state index in [2.05, 4.69) is 10.3 Å². The number of hydrogen-bond donors (Lipinski definition) is 1. The van der Waals surface area contributed by atoms with Gasteiger partial charge < -0.3 is 14.6 Å². The number of benzene rings is 2. The molecular formula is C23H19FN4O4S. The fraction of sp³-hybridized carbons (Fsp3) is 0.130. The third-order valence-electron chi connectivity index (χ3n) is 5.08. The molecule has 0 saturated carbocycles. The SMILES string of the molecule is COc1cc([N+](=O)[O-])ccc1-n1c(C)cc(/C=C2\SC(=Nc3ccc(F)cc3)NC2=O)c1C. The van der Waals surface area contributed by atoms with Gasteiger partial charge in [0.2, 0.25) is 0 Å². The zero-order valence-electron chi connectivity index (χ0n) is 18.0. The Balaban J connectivity index is 1.67. The van der Waals surface area contributed by atoms with E-state index in [0.717, 1.165) is 17.0 Å². The molecule has 8 nitrogen and oxygen atoms in total. The fourth-order valence-electron chi connectivity index (χ4n) is 3.52. The van der Waals surface area contributed by atoms with Crippen molar-refractivity contribution in [2.24, 2.45) is 4.99 Å². The third-order valence-corrected chi connectivity index (χ3v) is 5.99. The molecule has 1 amide bonds. The first-order chi connectivity index (χ1) is 15.8. The summed E-state index contributed by atoms with van der Waals surface area (Å²) >= 11 is 1.19. The van der Waals surface area contributed by atoms with Crippen LogP contribution in [0.15, 0.2) is 58.4 Å². The molecule has 3 aromatic rings. The van der Waals surface area contributed by atoms with E-state index in [0.29, 0.717) is 27.2 Å². The monoisotopic (exact) mass is 466 g/mol. The number of non-ortho nitro benzene ring substituents is 1. The number of amides is 1. The van der Waals surface area contributed by atoms with Crippen LogP contribution in [0.5, 0.6) is 5.75 Å². The molecule has 0 aliphatic carbocycles. The first-order valence-corrected chi connectivity index (χ1v) is 10.7. The normalized spacial score (nSPS) is 15.8. The Kier molecular flexibility index (Phi) is 6.01. The van der Waals surface area contributed by atoms with Gasteiger partial charge in [-0.05, 0) is 73.6 Å². The second kappa shape index (κ2) is 8.91. The zero-order chi connectivity index (χ0) is 23.7. The van der Waals surface area contributed by atoms with Crippen molar-refractivity contribution in [3.63, 3.8) is 0 Å². The lowest BCUT2D eigenvalue weighted by atomic mass is 10.2. The van der Waals surface area contributed by atoms with Gasteiger partial charge in [-0.2, -0.15) is 0 Å². The second-order valence-corrected chi connectivity index (χ2v) is 8.26. The molecule has 1 aliphatic rings. The molecular weight excluding hydrogens is 447 g/mol. The number of aliphatic imine (C=N–C) groups is 1. The largest absolute Gasteiger partial charge is 0.494 e. The van der Waals surface area contributed by atoms with E-state index in [1.165, 1.54) is 55.3 Å². The summed E-state index contributed by atoms with van der Waals surface area (Å²) in [5.41, 5.74) is 3.65. The number of aromatic nitrogens is 1. The number of rotatable bonds is 5. The van der Waals surface area contributed by atoms with Gasteiger partial charge in [-0.3, -0.25) is 14.9 Å². The average molecular weight is 466 g/mol. The lowest BCUT2D eigenvalue weighted by Crippen LogP contribution is -2.19. The van der Waals surface area contributed by atoms with E-state index in [1.807, 2.05) is 24.5 Å². The van der Waals surface area contributed by atoms with Crippen LogP contribution >= 0.6 is 11.8 Å². The summed E-state index contributed by atoms with van der Waals surface area (Å²) in [6, 6.07) is 12.0. The number of ether oxygens (including phenoxy) is 1. The predicted molar refractivity (Wildman–Crippen MR) is 126 cm³/mol. The standard InChI is InChI=1S/C23H19FN4O4S/c1-13-10-15(14(2)27(13)19-9-8-18(28(30)31)12-20(19)32-3)11-21-22(29)26-23(33-21)25-17-6-4-16(24)5-7-17/h4-12H,1-3H3,(H,25,26,29)/b21-11-. The highest BCUT2D eigenvalue weighted by molar-refractivity contribution is 8.18. The Morgan fingerprint density at radius 1 is 1.18 bits per heavy atom. The number of thioether (sulfide) groups is 1. The van der Waals surface area contributed by atoms with Gasteiger partial charge in [-0.25, -0.2) is 9.38 Å². The topological polar surface area (TPSA) is 98.8 Å². The van der Waals surface area contributed by atoms with Gasteiger partial charge in [0.05, 0.1) is 34.4 Å². The van der Waals surface area contributed by atoms with Crippen LogP contribution in [0.4, 0.5) is 15.8 Å². The Labute approximate surface area is 192 Å². The van der Waals surface area contributed by atoms with E-state index in [1.54, 1.807) is 12.1 Å². The smallest absolute Gasteiger partial charge is 0.273 e. The second-order valence-electron chi connectivity index (χ2n) is 7.23. The van der Waals surface area contributed by atoms with Crippen molar-refractivity contribution in [2.75, 3.05) is 7.11 Å². The van der Waals surface area contributed by atoms with Crippen LogP contribution in [0.3, 0.4) is 0 Å². The van der Waals surface area contributed by atoms with E-state index < -0.39 is 4.92 Å². The number of carbonyl (C=O) groups is 1. The maximum atomic E-state index is 13.1. The summed E-state index contributed by atoms with van der Waals surface area (Å²) in [6.07, 6.45) is 1.77. The van der Waals surface area contributed by atoms with Crippen LogP contribution in [-0.4, -0.2) is 27.7 Å². The number of nitrogens with one attached hydrogen (secondary N) is 1. The zero-order valence-corrected chi connectivity index (χ0v) is 18.8. The number of nitro groups is 1. The molecule has 0 bridgehead atoms. The molecule has 1 fully saturated rings. The third kappa shape index (κ3) is 4.51. The van der Waals surface area contributed by atoms with Crippen molar-refractivity contribution in [3.8, 4) is 11.4 Å². The minimum atomic E-state index is -0.474. The molecule has 10 heteroatoms. The number of nitro benzene ring substituents is 1. The Hall–Kier alpha value is -3.92. The Morgan fingerprint density at radius 3 is 2.58 bits per heavy atom. The van der Waals surface area contributed by atoms with Gasteiger partial charge in [0.1, 0.15) is 11.6 Å². The highest BCUT2D eigenvalue weighted by atomic mass is 32.2. The van der Waals surface area contributed by atoms with Gasteiger partial charge in [0.15, 0.2) is 5.17 Å². The molecule has 0 atom stereocenters. The van der Waals surface area contributed by atoms with Crippen LogP contribution in [0, 0.1) is 29.8 Å². The number of aryl methyl sites for hydroxylation is 1. The minimum Gasteiger partial charge on any atom is -0.494 e. The predicted octanol–water partition coefficient (Wildman–Crippen LogP) is 5.04. The molecule has 168 valence electrons. The molecule has 2 aromatic carbocycles. The van der Waals surface area contributed by atoms with Crippen LogP contribution in [0.25, 0.3) is 11.8 Å². The summed E-state index contributed by atoms with van der Waals surface area (Å²) in [5, 5.41) is 14.2. The van der Waals surface area contributed by atoms with Gasteiger partial charge in [0, 0.05) is 17.5 Å². The lowest BCUT2D eigenvalue weighted by molar-refractivity contribution is -0.384. The Morgan fingerprint density at radius 2 is 1.91 bits per heavy atom. The number of nitrogens with zero attached hydrogens (tertiary/aromatic N) is 3. The van der Waals surface area contributed by atoms with Crippen molar-refractivity contribution in [2.45, 2.75) is 13.8 Å². The van der Waals surface area contributed by atoms with E-state index in [9.17, 15) is 19.3 Å². The molecule has 2 heterocycles. The number of hydrogen-bond acceptors (Lipinski definition) is 6. The van der Waals surface area contributed by atoms with Gasteiger partial charge in [-0.15, -0.1) is 0 Å². The fourth-order valence-corrected chi connectivity index (χ4v) is 4.36. The highest BCUT2D eigenvalue weighted by Gasteiger charge is 2.25. The van der Waals surface area contributed by atoms with E-state index in [4.69, 9.17) is 4.74 Å². The molecule has 4 rings (SSSR count). The summed E-state index contributed by atoms with van der Waals surface area (Å²) < 4.78 is 20.4. The maximum Gasteiger partial charge on any atom is 0.273 e. The van der Waals surface area contributed by atoms with Crippen molar-refractivity contribution >= 4 is 40.3 Å². The molecule has 0 unspecified atom stereocenters. The van der Waals surface area contributed by atoms with Crippen LogP contribution in [-0.2, 0) is 4.79 Å². The van der Waals surface area contributed by atoms with Crippen molar-refractivity contribution in [3.05, 3.63) is 86.3 Å². The number of methoxy groups -OCH3 is 1. The molecule has 1 aliphatic heterocycles. The number of carbonyl (C=O) groups excluding carboxylic acids is 1. The summed E-state index contributed by atoms with van der Waals surface area (Å²) in [4.78, 5) is 27.9. The molecule has 1 saturated heterocycles. The summed E-state index contributed by atoms with van der Waals surface area (Å²) in [5.74, 6) is -0.270. The van der Waals surface area contributed by atoms with Gasteiger partial charge >= 0.3 is 0 Å². The number of amidine groups is 1. The van der Waals surface area contributed by atoms with Crippen LogP contribution in [0.1, 0.15) is 17.0 Å². The van der Waals surface area contributed by atoms with E-state index >= 15 is 0 Å². The number of halogens is 1. The van der Waals surface area contributed by atoms with Gasteiger partial charge in [0.25, 0.3) is 11.6 Å². The average Bonchev–Trinajstić information content (AvgIpc) is 3.27. The highest BCUT2D eigenvalue weighted by Crippen LogP contribution is 2.34. The lowest BCUT2D eigenvalue weighted by Gasteiger charge is -2.13. The molecule has 1 N–H and O–H groups in total. The minimum absolute atomic E-state index is 0.0626. The van der Waals surface area contributed by atoms with Crippen LogP contribution in [0.2, 0.25) is 0 Å². The maximum absolute atomic E-state index is 13.1. The first-order valence-electron chi connectivity index (χ1n) is 9.83.